The van der Waals surface area contributed by atoms with Gasteiger partial charge in [-0.15, -0.1) is 0 Å². The van der Waals surface area contributed by atoms with E-state index in [0.29, 0.717) is 15.9 Å². The van der Waals surface area contributed by atoms with E-state index in [1.54, 1.807) is 30.3 Å². The van der Waals surface area contributed by atoms with Crippen molar-refractivity contribution in [3.63, 3.8) is 0 Å². The Balaban J connectivity index is 1.82. The first-order chi connectivity index (χ1) is 18.3. The number of aliphatic hydroxyl groups is 2. The van der Waals surface area contributed by atoms with Crippen molar-refractivity contribution in [2.24, 2.45) is 0 Å². The maximum absolute atomic E-state index is 13.8. The molecule has 2 aromatic carbocycles. The van der Waals surface area contributed by atoms with E-state index in [2.05, 4.69) is 15.6 Å². The summed E-state index contributed by atoms with van der Waals surface area (Å²) < 4.78 is 56.8. The lowest BCUT2D eigenvalue weighted by molar-refractivity contribution is -0.0188. The van der Waals surface area contributed by atoms with Crippen LogP contribution in [0.25, 0.3) is 0 Å². The van der Waals surface area contributed by atoms with Crippen LogP contribution in [-0.4, -0.2) is 73.0 Å². The highest BCUT2D eigenvalue weighted by Gasteiger charge is 2.33. The van der Waals surface area contributed by atoms with Gasteiger partial charge in [-0.05, 0) is 43.2 Å². The molecule has 1 heterocycles. The van der Waals surface area contributed by atoms with Crippen LogP contribution in [0.2, 0.25) is 0 Å². The van der Waals surface area contributed by atoms with Crippen molar-refractivity contribution >= 4 is 27.9 Å². The highest BCUT2D eigenvalue weighted by molar-refractivity contribution is 7.92. The molecule has 4 atom stereocenters. The molecule has 4 N–H and O–H groups in total. The number of aliphatic hydroxyl groups excluding tert-OH is 2. The lowest BCUT2D eigenvalue weighted by Gasteiger charge is -2.31. The van der Waals surface area contributed by atoms with Crippen molar-refractivity contribution in [1.29, 1.82) is 0 Å². The van der Waals surface area contributed by atoms with E-state index in [1.807, 2.05) is 0 Å². The quantitative estimate of drug-likeness (QED) is 0.269. The monoisotopic (exact) mass is 566 g/mol. The molecule has 0 saturated carbocycles. The van der Waals surface area contributed by atoms with Crippen LogP contribution < -0.4 is 14.9 Å². The fourth-order valence-electron chi connectivity index (χ4n) is 3.64. The first-order valence-electron chi connectivity index (χ1n) is 11.6. The number of halogens is 2. The highest BCUT2D eigenvalue weighted by atomic mass is 32.2. The molecule has 3 aromatic rings. The molecule has 0 saturated heterocycles. The minimum atomic E-state index is -3.74. The summed E-state index contributed by atoms with van der Waals surface area (Å²) in [5, 5.41) is 26.8. The second kappa shape index (κ2) is 12.3. The molecule has 39 heavy (non-hydrogen) atoms. The number of aromatic nitrogens is 1. The summed E-state index contributed by atoms with van der Waals surface area (Å²) >= 11 is 0. The molecule has 1 aromatic heterocycles. The van der Waals surface area contributed by atoms with Crippen LogP contribution in [0.4, 0.5) is 14.8 Å². The summed E-state index contributed by atoms with van der Waals surface area (Å²) in [4.78, 5) is 29.2. The number of amides is 2. The molecule has 0 aliphatic heterocycles. The second-order valence-electron chi connectivity index (χ2n) is 8.92. The average Bonchev–Trinajstić information content (AvgIpc) is 3.36. The van der Waals surface area contributed by atoms with Crippen molar-refractivity contribution in [1.82, 2.24) is 15.6 Å². The van der Waals surface area contributed by atoms with Gasteiger partial charge >= 0.3 is 6.01 Å². The van der Waals surface area contributed by atoms with Gasteiger partial charge in [0.05, 0.1) is 18.3 Å². The molecule has 210 valence electrons. The molecule has 0 aliphatic rings. The number of carbonyl (C=O) groups excluding carboxylic acids is 2. The van der Waals surface area contributed by atoms with Crippen LogP contribution in [0.1, 0.15) is 33.3 Å². The number of nitrogens with zero attached hydrogens (tertiary/aromatic N) is 2. The number of sulfonamides is 1. The Morgan fingerprint density at radius 3 is 2.23 bits per heavy atom. The van der Waals surface area contributed by atoms with E-state index in [1.165, 1.54) is 6.92 Å². The van der Waals surface area contributed by atoms with Gasteiger partial charge in [-0.1, -0.05) is 18.2 Å². The van der Waals surface area contributed by atoms with Gasteiger partial charge in [0, 0.05) is 18.7 Å². The normalized spacial score (nSPS) is 14.6. The zero-order chi connectivity index (χ0) is 28.9. The number of anilines is 1. The van der Waals surface area contributed by atoms with Crippen LogP contribution in [0, 0.1) is 11.6 Å². The Hall–Kier alpha value is -3.88. The average molecular weight is 567 g/mol. The summed E-state index contributed by atoms with van der Waals surface area (Å²) in [5.74, 6) is -3.23. The standard InChI is InChI=1S/C25H28F2N4O7S/c1-14(28-23(34)16-7-5-4-6-8-16)21(32)22(33)19(11-15-9-17(26)12-18(27)10-15)29-24(35)20-13-38-25(30-20)31(2)39(3,36)37/h4-10,12-14,19,21-22,32-33H,11H2,1-3H3,(H,28,34)(H,29,35)/t14-,19+,21-,22-/m1/s1. The summed E-state index contributed by atoms with van der Waals surface area (Å²) in [6, 6.07) is 8.03. The molecular weight excluding hydrogens is 538 g/mol. The zero-order valence-electron chi connectivity index (χ0n) is 21.2. The van der Waals surface area contributed by atoms with Gasteiger partial charge in [-0.3, -0.25) is 9.59 Å². The van der Waals surface area contributed by atoms with Crippen molar-refractivity contribution in [3.8, 4) is 0 Å². The minimum Gasteiger partial charge on any atom is -0.430 e. The van der Waals surface area contributed by atoms with Gasteiger partial charge in [0.25, 0.3) is 11.8 Å². The molecule has 11 nitrogen and oxygen atoms in total. The number of oxazole rings is 1. The third kappa shape index (κ3) is 7.81. The Morgan fingerprint density at radius 1 is 1.03 bits per heavy atom. The Kier molecular flexibility index (Phi) is 9.37. The summed E-state index contributed by atoms with van der Waals surface area (Å²) in [5.41, 5.74) is 0.0118. The lowest BCUT2D eigenvalue weighted by Crippen LogP contribution is -2.55. The summed E-state index contributed by atoms with van der Waals surface area (Å²) in [6.07, 6.45) is -1.91. The fourth-order valence-corrected chi connectivity index (χ4v) is 4.00. The van der Waals surface area contributed by atoms with Gasteiger partial charge in [0.2, 0.25) is 10.0 Å². The number of carbonyl (C=O) groups is 2. The summed E-state index contributed by atoms with van der Waals surface area (Å²) in [6.45, 7) is 1.43. The molecule has 3 rings (SSSR count). The van der Waals surface area contributed by atoms with E-state index >= 15 is 0 Å². The molecule has 0 radical (unpaired) electrons. The van der Waals surface area contributed by atoms with Crippen molar-refractivity contribution in [2.75, 3.05) is 17.6 Å². The van der Waals surface area contributed by atoms with E-state index in [-0.39, 0.29) is 17.7 Å². The highest BCUT2D eigenvalue weighted by Crippen LogP contribution is 2.18. The van der Waals surface area contributed by atoms with Crippen LogP contribution in [-0.2, 0) is 16.4 Å². The van der Waals surface area contributed by atoms with Crippen LogP contribution >= 0.6 is 0 Å². The number of nitrogens with one attached hydrogen (secondary N) is 2. The first kappa shape index (κ1) is 29.7. The van der Waals surface area contributed by atoms with E-state index in [4.69, 9.17) is 4.42 Å². The van der Waals surface area contributed by atoms with Crippen molar-refractivity contribution in [3.05, 3.63) is 83.2 Å². The first-order valence-corrected chi connectivity index (χ1v) is 13.5. The number of hydrogen-bond acceptors (Lipinski definition) is 8. The molecule has 0 aliphatic carbocycles. The van der Waals surface area contributed by atoms with Gasteiger partial charge < -0.3 is 25.3 Å². The van der Waals surface area contributed by atoms with Crippen molar-refractivity contribution in [2.45, 2.75) is 37.6 Å². The lowest BCUT2D eigenvalue weighted by atomic mass is 9.94. The van der Waals surface area contributed by atoms with E-state index < -0.39 is 63.8 Å². The Morgan fingerprint density at radius 2 is 1.64 bits per heavy atom. The second-order valence-corrected chi connectivity index (χ2v) is 10.9. The SMILES string of the molecule is C[C@@H](NC(=O)c1ccccc1)[C@@H](O)[C@H](O)[C@H](Cc1cc(F)cc(F)c1)NC(=O)c1coc(N(C)S(C)(=O)=O)n1. The zero-order valence-corrected chi connectivity index (χ0v) is 22.0. The maximum atomic E-state index is 13.8. The third-order valence-electron chi connectivity index (χ3n) is 5.86. The van der Waals surface area contributed by atoms with Crippen LogP contribution in [0.5, 0.6) is 0 Å². The molecule has 14 heteroatoms. The molecular formula is C25H28F2N4O7S. The van der Waals surface area contributed by atoms with Gasteiger partial charge in [-0.2, -0.15) is 4.98 Å². The van der Waals surface area contributed by atoms with E-state index in [9.17, 15) is 37.0 Å². The largest absolute Gasteiger partial charge is 0.430 e. The maximum Gasteiger partial charge on any atom is 0.311 e. The predicted molar refractivity (Wildman–Crippen MR) is 136 cm³/mol. The third-order valence-corrected chi connectivity index (χ3v) is 7.01. The van der Waals surface area contributed by atoms with Crippen LogP contribution in [0.15, 0.2) is 59.2 Å². The Bertz CT molecular complexity index is 1400. The van der Waals surface area contributed by atoms with Crippen LogP contribution in [0.3, 0.4) is 0 Å². The van der Waals surface area contributed by atoms with Crippen molar-refractivity contribution < 1.29 is 41.4 Å². The van der Waals surface area contributed by atoms with E-state index in [0.717, 1.165) is 31.7 Å². The van der Waals surface area contributed by atoms with Gasteiger partial charge in [0.15, 0.2) is 5.69 Å². The number of hydrogen-bond donors (Lipinski definition) is 4. The van der Waals surface area contributed by atoms with Gasteiger partial charge in [0.1, 0.15) is 30.1 Å². The number of benzene rings is 2. The molecule has 2 amide bonds. The number of rotatable bonds is 11. The fraction of sp³-hybridized carbons (Fsp3) is 0.320. The summed E-state index contributed by atoms with van der Waals surface area (Å²) in [7, 11) is -2.58. The minimum absolute atomic E-state index is 0.0580. The molecule has 0 spiro atoms. The molecule has 0 unspecified atom stereocenters. The predicted octanol–water partition coefficient (Wildman–Crippen LogP) is 1.23. The molecule has 0 fully saturated rings. The topological polar surface area (TPSA) is 162 Å². The Labute approximate surface area is 223 Å². The molecule has 0 bridgehead atoms. The van der Waals surface area contributed by atoms with Gasteiger partial charge in [-0.25, -0.2) is 21.5 Å². The smallest absolute Gasteiger partial charge is 0.311 e.